The van der Waals surface area contributed by atoms with E-state index in [4.69, 9.17) is 10.5 Å². The number of ether oxygens (including phenoxy) is 1. The standard InChI is InChI=1S/C11H22N2O/c1-3-5-6-10(12)11-9-13(4-2)7-8-14-11/h3,10-11H,1,4-9,12H2,2H3. The summed E-state index contributed by atoms with van der Waals surface area (Å²) in [5, 5.41) is 0. The van der Waals surface area contributed by atoms with E-state index in [-0.39, 0.29) is 12.1 Å². The number of hydrogen-bond donors (Lipinski definition) is 1. The lowest BCUT2D eigenvalue weighted by atomic mass is 10.0. The fourth-order valence-corrected chi connectivity index (χ4v) is 1.77. The van der Waals surface area contributed by atoms with Crippen LogP contribution in [0.5, 0.6) is 0 Å². The van der Waals surface area contributed by atoms with Crippen LogP contribution in [-0.4, -0.2) is 43.3 Å². The molecule has 0 aromatic carbocycles. The summed E-state index contributed by atoms with van der Waals surface area (Å²) in [6.45, 7) is 9.82. The van der Waals surface area contributed by atoms with Gasteiger partial charge in [-0.2, -0.15) is 0 Å². The van der Waals surface area contributed by atoms with Crippen LogP contribution < -0.4 is 5.73 Å². The van der Waals surface area contributed by atoms with Gasteiger partial charge in [0.1, 0.15) is 0 Å². The Morgan fingerprint density at radius 1 is 1.71 bits per heavy atom. The van der Waals surface area contributed by atoms with Gasteiger partial charge in [-0.25, -0.2) is 0 Å². The Hall–Kier alpha value is -0.380. The van der Waals surface area contributed by atoms with E-state index in [1.165, 1.54) is 0 Å². The molecular formula is C11H22N2O. The van der Waals surface area contributed by atoms with Crippen molar-refractivity contribution in [3.63, 3.8) is 0 Å². The quantitative estimate of drug-likeness (QED) is 0.670. The Morgan fingerprint density at radius 3 is 3.14 bits per heavy atom. The molecule has 3 heteroatoms. The van der Waals surface area contributed by atoms with Gasteiger partial charge in [-0.1, -0.05) is 13.0 Å². The Morgan fingerprint density at radius 2 is 2.50 bits per heavy atom. The van der Waals surface area contributed by atoms with Crippen molar-refractivity contribution < 1.29 is 4.74 Å². The third-order valence-electron chi connectivity index (χ3n) is 2.81. The molecule has 1 saturated heterocycles. The van der Waals surface area contributed by atoms with Crippen molar-refractivity contribution in [1.29, 1.82) is 0 Å². The van der Waals surface area contributed by atoms with E-state index < -0.39 is 0 Å². The molecule has 3 nitrogen and oxygen atoms in total. The predicted octanol–water partition coefficient (Wildman–Crippen LogP) is 1.00. The van der Waals surface area contributed by atoms with E-state index in [2.05, 4.69) is 18.4 Å². The van der Waals surface area contributed by atoms with Crippen LogP contribution in [-0.2, 0) is 4.74 Å². The van der Waals surface area contributed by atoms with E-state index in [0.717, 1.165) is 39.1 Å². The maximum Gasteiger partial charge on any atom is 0.0853 e. The van der Waals surface area contributed by atoms with Gasteiger partial charge in [-0.3, -0.25) is 4.90 Å². The Balaban J connectivity index is 2.31. The van der Waals surface area contributed by atoms with E-state index in [0.29, 0.717) is 0 Å². The van der Waals surface area contributed by atoms with E-state index in [1.807, 2.05) is 6.08 Å². The summed E-state index contributed by atoms with van der Waals surface area (Å²) in [5.41, 5.74) is 6.05. The number of likely N-dealkylation sites (N-methyl/N-ethyl adjacent to an activating group) is 1. The molecule has 0 amide bonds. The van der Waals surface area contributed by atoms with Gasteiger partial charge in [0, 0.05) is 19.1 Å². The molecule has 1 aliphatic rings. The molecule has 2 atom stereocenters. The van der Waals surface area contributed by atoms with Crippen LogP contribution >= 0.6 is 0 Å². The van der Waals surface area contributed by atoms with Crippen molar-refractivity contribution >= 4 is 0 Å². The zero-order chi connectivity index (χ0) is 10.4. The molecule has 2 unspecified atom stereocenters. The molecule has 0 aromatic rings. The van der Waals surface area contributed by atoms with Crippen molar-refractivity contribution in [1.82, 2.24) is 4.90 Å². The molecule has 1 fully saturated rings. The smallest absolute Gasteiger partial charge is 0.0853 e. The Kier molecular flexibility index (Phi) is 5.15. The summed E-state index contributed by atoms with van der Waals surface area (Å²) in [5.74, 6) is 0. The second-order valence-electron chi connectivity index (χ2n) is 3.83. The van der Waals surface area contributed by atoms with Gasteiger partial charge in [0.05, 0.1) is 12.7 Å². The average molecular weight is 198 g/mol. The van der Waals surface area contributed by atoms with Gasteiger partial charge >= 0.3 is 0 Å². The number of morpholine rings is 1. The van der Waals surface area contributed by atoms with Crippen LogP contribution in [0.2, 0.25) is 0 Å². The summed E-state index contributed by atoms with van der Waals surface area (Å²) >= 11 is 0. The number of nitrogens with two attached hydrogens (primary N) is 1. The molecule has 0 radical (unpaired) electrons. The minimum atomic E-state index is 0.155. The van der Waals surface area contributed by atoms with Gasteiger partial charge in [0.15, 0.2) is 0 Å². The second kappa shape index (κ2) is 6.17. The molecule has 0 saturated carbocycles. The summed E-state index contributed by atoms with van der Waals surface area (Å²) in [6.07, 6.45) is 4.09. The highest BCUT2D eigenvalue weighted by atomic mass is 16.5. The minimum absolute atomic E-state index is 0.155. The first-order chi connectivity index (χ1) is 6.77. The van der Waals surface area contributed by atoms with Crippen molar-refractivity contribution in [2.75, 3.05) is 26.2 Å². The highest BCUT2D eigenvalue weighted by molar-refractivity contribution is 4.82. The third-order valence-corrected chi connectivity index (χ3v) is 2.81. The summed E-state index contributed by atoms with van der Waals surface area (Å²) in [7, 11) is 0. The summed E-state index contributed by atoms with van der Waals surface area (Å²) in [4.78, 5) is 2.39. The maximum absolute atomic E-state index is 6.05. The average Bonchev–Trinajstić information content (AvgIpc) is 2.26. The number of rotatable bonds is 5. The molecule has 0 aliphatic carbocycles. The van der Waals surface area contributed by atoms with Crippen LogP contribution in [0.4, 0.5) is 0 Å². The zero-order valence-electron chi connectivity index (χ0n) is 9.11. The van der Waals surface area contributed by atoms with Gasteiger partial charge in [0.25, 0.3) is 0 Å². The highest BCUT2D eigenvalue weighted by Gasteiger charge is 2.24. The van der Waals surface area contributed by atoms with E-state index in [9.17, 15) is 0 Å². The van der Waals surface area contributed by atoms with Crippen molar-refractivity contribution in [2.24, 2.45) is 5.73 Å². The van der Waals surface area contributed by atoms with Crippen LogP contribution in [0, 0.1) is 0 Å². The molecule has 1 rings (SSSR count). The fourth-order valence-electron chi connectivity index (χ4n) is 1.77. The number of nitrogens with zero attached hydrogens (tertiary/aromatic N) is 1. The fraction of sp³-hybridized carbons (Fsp3) is 0.818. The normalized spacial score (nSPS) is 26.0. The van der Waals surface area contributed by atoms with Crippen LogP contribution in [0.1, 0.15) is 19.8 Å². The van der Waals surface area contributed by atoms with E-state index >= 15 is 0 Å². The first-order valence-electron chi connectivity index (χ1n) is 5.48. The molecule has 1 aliphatic heterocycles. The van der Waals surface area contributed by atoms with Crippen molar-refractivity contribution in [2.45, 2.75) is 31.9 Å². The molecule has 0 spiro atoms. The first-order valence-corrected chi connectivity index (χ1v) is 5.48. The summed E-state index contributed by atoms with van der Waals surface area (Å²) < 4.78 is 5.67. The van der Waals surface area contributed by atoms with Gasteiger partial charge in [0.2, 0.25) is 0 Å². The van der Waals surface area contributed by atoms with Gasteiger partial charge in [-0.15, -0.1) is 6.58 Å². The number of allylic oxidation sites excluding steroid dienone is 1. The Bertz CT molecular complexity index is 173. The molecule has 1 heterocycles. The van der Waals surface area contributed by atoms with E-state index in [1.54, 1.807) is 0 Å². The molecule has 0 bridgehead atoms. The first kappa shape index (κ1) is 11.7. The topological polar surface area (TPSA) is 38.5 Å². The number of hydrogen-bond acceptors (Lipinski definition) is 3. The lowest BCUT2D eigenvalue weighted by Gasteiger charge is -2.35. The molecule has 0 aromatic heterocycles. The predicted molar refractivity (Wildman–Crippen MR) is 59.3 cm³/mol. The SMILES string of the molecule is C=CCCC(N)C1CN(CC)CCO1. The molecule has 14 heavy (non-hydrogen) atoms. The van der Waals surface area contributed by atoms with Crippen LogP contribution in [0.3, 0.4) is 0 Å². The monoisotopic (exact) mass is 198 g/mol. The van der Waals surface area contributed by atoms with Gasteiger partial charge in [-0.05, 0) is 19.4 Å². The largest absolute Gasteiger partial charge is 0.374 e. The van der Waals surface area contributed by atoms with Crippen LogP contribution in [0.15, 0.2) is 12.7 Å². The highest BCUT2D eigenvalue weighted by Crippen LogP contribution is 2.11. The summed E-state index contributed by atoms with van der Waals surface area (Å²) in [6, 6.07) is 0.155. The zero-order valence-corrected chi connectivity index (χ0v) is 9.11. The third kappa shape index (κ3) is 3.40. The maximum atomic E-state index is 6.05. The van der Waals surface area contributed by atoms with Crippen LogP contribution in [0.25, 0.3) is 0 Å². The molecule has 2 N–H and O–H groups in total. The molecular weight excluding hydrogens is 176 g/mol. The second-order valence-corrected chi connectivity index (χ2v) is 3.83. The van der Waals surface area contributed by atoms with Crippen molar-refractivity contribution in [3.05, 3.63) is 12.7 Å². The lowest BCUT2D eigenvalue weighted by molar-refractivity contribution is -0.0396. The minimum Gasteiger partial charge on any atom is -0.374 e. The molecule has 82 valence electrons. The lowest BCUT2D eigenvalue weighted by Crippen LogP contribution is -2.50. The van der Waals surface area contributed by atoms with Crippen molar-refractivity contribution in [3.8, 4) is 0 Å². The van der Waals surface area contributed by atoms with Gasteiger partial charge < -0.3 is 10.5 Å². The Labute approximate surface area is 86.9 Å².